The van der Waals surface area contributed by atoms with E-state index in [1.165, 1.54) is 44.2 Å². The number of benzene rings is 3. The smallest absolute Gasteiger partial charge is 0.0350 e. The van der Waals surface area contributed by atoms with Crippen LogP contribution in [0.15, 0.2) is 79.1 Å². The van der Waals surface area contributed by atoms with Crippen molar-refractivity contribution in [2.45, 2.75) is 19.3 Å². The van der Waals surface area contributed by atoms with Gasteiger partial charge in [0.1, 0.15) is 0 Å². The van der Waals surface area contributed by atoms with Crippen LogP contribution in [0.1, 0.15) is 25.0 Å². The molecule has 1 aromatic heterocycles. The summed E-state index contributed by atoms with van der Waals surface area (Å²) < 4.78 is 0. The Morgan fingerprint density at radius 1 is 0.640 bits per heavy atom. The van der Waals surface area contributed by atoms with E-state index in [2.05, 4.69) is 85.6 Å². The molecule has 4 aromatic rings. The minimum absolute atomic E-state index is 0.0559. The second-order valence-corrected chi connectivity index (χ2v) is 7.31. The summed E-state index contributed by atoms with van der Waals surface area (Å²) in [6.07, 6.45) is 4.05. The first-order valence-corrected chi connectivity index (χ1v) is 8.74. The number of pyridine rings is 1. The molecule has 0 unspecified atom stereocenters. The molecule has 1 aliphatic rings. The Morgan fingerprint density at radius 2 is 1.36 bits per heavy atom. The molecule has 0 bridgehead atoms. The molecular weight excluding hydrogens is 302 g/mol. The van der Waals surface area contributed by atoms with Gasteiger partial charge in [0.25, 0.3) is 0 Å². The third kappa shape index (κ3) is 1.93. The molecule has 0 fully saturated rings. The maximum atomic E-state index is 4.58. The van der Waals surface area contributed by atoms with Crippen molar-refractivity contribution in [3.05, 3.63) is 90.3 Å². The van der Waals surface area contributed by atoms with E-state index in [4.69, 9.17) is 0 Å². The SMILES string of the molecule is CC1(C)c2c(-c3ccccc3)cncc2-c2ccc3ccccc3c21. The van der Waals surface area contributed by atoms with Crippen molar-refractivity contribution < 1.29 is 0 Å². The fourth-order valence-electron chi connectivity index (χ4n) is 4.47. The van der Waals surface area contributed by atoms with Crippen LogP contribution in [-0.2, 0) is 5.41 Å². The lowest BCUT2D eigenvalue weighted by atomic mass is 9.78. The molecule has 0 amide bonds. The first-order chi connectivity index (χ1) is 12.2. The molecule has 25 heavy (non-hydrogen) atoms. The van der Waals surface area contributed by atoms with Crippen LogP contribution >= 0.6 is 0 Å². The lowest BCUT2D eigenvalue weighted by Crippen LogP contribution is -2.17. The first-order valence-electron chi connectivity index (χ1n) is 8.74. The standard InChI is InChI=1S/C24H19N/c1-24(2)22-18-11-7-6-10-17(18)12-13-19(22)21-15-25-14-20(23(21)24)16-8-4-3-5-9-16/h3-15H,1-2H3. The van der Waals surface area contributed by atoms with Crippen LogP contribution in [0.3, 0.4) is 0 Å². The lowest BCUT2D eigenvalue weighted by Gasteiger charge is -2.25. The molecule has 0 spiro atoms. The van der Waals surface area contributed by atoms with E-state index in [9.17, 15) is 0 Å². The van der Waals surface area contributed by atoms with Gasteiger partial charge in [-0.1, -0.05) is 80.6 Å². The molecule has 120 valence electrons. The molecule has 0 aliphatic heterocycles. The van der Waals surface area contributed by atoms with Crippen LogP contribution in [0.4, 0.5) is 0 Å². The molecule has 0 saturated carbocycles. The summed E-state index contributed by atoms with van der Waals surface area (Å²) in [4.78, 5) is 4.58. The largest absolute Gasteiger partial charge is 0.263 e. The second kappa shape index (κ2) is 5.03. The Kier molecular flexibility index (Phi) is 2.90. The van der Waals surface area contributed by atoms with Gasteiger partial charge in [0, 0.05) is 28.9 Å². The molecule has 1 aliphatic carbocycles. The van der Waals surface area contributed by atoms with Crippen molar-refractivity contribution in [2.75, 3.05) is 0 Å². The predicted octanol–water partition coefficient (Wildman–Crippen LogP) is 6.21. The quantitative estimate of drug-likeness (QED) is 0.406. The summed E-state index contributed by atoms with van der Waals surface area (Å²) in [6, 6.07) is 23.8. The van der Waals surface area contributed by atoms with E-state index in [-0.39, 0.29) is 5.41 Å². The topological polar surface area (TPSA) is 12.9 Å². The van der Waals surface area contributed by atoms with E-state index in [0.29, 0.717) is 0 Å². The van der Waals surface area contributed by atoms with E-state index >= 15 is 0 Å². The Labute approximate surface area is 148 Å². The maximum absolute atomic E-state index is 4.58. The Morgan fingerprint density at radius 3 is 2.20 bits per heavy atom. The van der Waals surface area contributed by atoms with Crippen molar-refractivity contribution in [1.29, 1.82) is 0 Å². The zero-order valence-electron chi connectivity index (χ0n) is 14.5. The summed E-state index contributed by atoms with van der Waals surface area (Å²) in [5.41, 5.74) is 7.82. The molecule has 0 atom stereocenters. The van der Waals surface area contributed by atoms with Gasteiger partial charge in [-0.05, 0) is 33.0 Å². The molecule has 1 heteroatoms. The fraction of sp³-hybridized carbons (Fsp3) is 0.125. The molecule has 3 aromatic carbocycles. The van der Waals surface area contributed by atoms with E-state index in [0.717, 1.165) is 0 Å². The highest BCUT2D eigenvalue weighted by atomic mass is 14.6. The third-order valence-electron chi connectivity index (χ3n) is 5.50. The van der Waals surface area contributed by atoms with Crippen LogP contribution < -0.4 is 0 Å². The summed E-state index contributed by atoms with van der Waals surface area (Å²) >= 11 is 0. The van der Waals surface area contributed by atoms with Gasteiger partial charge < -0.3 is 0 Å². The zero-order chi connectivity index (χ0) is 17.0. The van der Waals surface area contributed by atoms with Gasteiger partial charge in [0.15, 0.2) is 0 Å². The van der Waals surface area contributed by atoms with Crippen LogP contribution in [0.5, 0.6) is 0 Å². The van der Waals surface area contributed by atoms with Crippen LogP contribution in [0.2, 0.25) is 0 Å². The van der Waals surface area contributed by atoms with Gasteiger partial charge in [-0.15, -0.1) is 0 Å². The number of fused-ring (bicyclic) bond motifs is 5. The van der Waals surface area contributed by atoms with E-state index in [1.807, 2.05) is 12.4 Å². The summed E-state index contributed by atoms with van der Waals surface area (Å²) in [7, 11) is 0. The summed E-state index contributed by atoms with van der Waals surface area (Å²) in [6.45, 7) is 4.69. The first kappa shape index (κ1) is 14.4. The number of hydrogen-bond donors (Lipinski definition) is 0. The highest BCUT2D eigenvalue weighted by Crippen LogP contribution is 2.53. The number of aromatic nitrogens is 1. The molecule has 5 rings (SSSR count). The fourth-order valence-corrected chi connectivity index (χ4v) is 4.47. The Balaban J connectivity index is 1.88. The normalized spacial score (nSPS) is 14.3. The Hall–Kier alpha value is -2.93. The highest BCUT2D eigenvalue weighted by Gasteiger charge is 2.39. The Bertz CT molecular complexity index is 1110. The van der Waals surface area contributed by atoms with Gasteiger partial charge in [0.05, 0.1) is 0 Å². The van der Waals surface area contributed by atoms with Crippen LogP contribution in [0.25, 0.3) is 33.0 Å². The van der Waals surface area contributed by atoms with Gasteiger partial charge in [-0.3, -0.25) is 4.98 Å². The average molecular weight is 321 g/mol. The van der Waals surface area contributed by atoms with Crippen molar-refractivity contribution in [1.82, 2.24) is 4.98 Å². The molecule has 0 saturated heterocycles. The van der Waals surface area contributed by atoms with Gasteiger partial charge in [-0.25, -0.2) is 0 Å². The monoisotopic (exact) mass is 321 g/mol. The minimum Gasteiger partial charge on any atom is -0.263 e. The molecule has 1 heterocycles. The third-order valence-corrected chi connectivity index (χ3v) is 5.50. The molecule has 1 nitrogen and oxygen atoms in total. The van der Waals surface area contributed by atoms with Crippen LogP contribution in [-0.4, -0.2) is 4.98 Å². The van der Waals surface area contributed by atoms with E-state index in [1.54, 1.807) is 0 Å². The van der Waals surface area contributed by atoms with Gasteiger partial charge in [0.2, 0.25) is 0 Å². The number of rotatable bonds is 1. The average Bonchev–Trinajstić information content (AvgIpc) is 2.90. The summed E-state index contributed by atoms with van der Waals surface area (Å²) in [5, 5.41) is 2.65. The van der Waals surface area contributed by atoms with Gasteiger partial charge in [-0.2, -0.15) is 0 Å². The molecular formula is C24H19N. The van der Waals surface area contributed by atoms with Gasteiger partial charge >= 0.3 is 0 Å². The van der Waals surface area contributed by atoms with Crippen molar-refractivity contribution in [2.24, 2.45) is 0 Å². The van der Waals surface area contributed by atoms with Crippen LogP contribution in [0, 0.1) is 0 Å². The second-order valence-electron chi connectivity index (χ2n) is 7.31. The van der Waals surface area contributed by atoms with E-state index < -0.39 is 0 Å². The lowest BCUT2D eigenvalue weighted by molar-refractivity contribution is 0.667. The number of hydrogen-bond acceptors (Lipinski definition) is 1. The van der Waals surface area contributed by atoms with Crippen molar-refractivity contribution in [3.8, 4) is 22.3 Å². The highest BCUT2D eigenvalue weighted by molar-refractivity contribution is 5.99. The minimum atomic E-state index is -0.0559. The number of nitrogens with zero attached hydrogens (tertiary/aromatic N) is 1. The summed E-state index contributed by atoms with van der Waals surface area (Å²) in [5.74, 6) is 0. The molecule has 0 N–H and O–H groups in total. The molecule has 0 radical (unpaired) electrons. The van der Waals surface area contributed by atoms with Crippen molar-refractivity contribution in [3.63, 3.8) is 0 Å². The predicted molar refractivity (Wildman–Crippen MR) is 105 cm³/mol. The maximum Gasteiger partial charge on any atom is 0.0350 e. The van der Waals surface area contributed by atoms with Crippen molar-refractivity contribution >= 4 is 10.8 Å². The zero-order valence-corrected chi connectivity index (χ0v) is 14.5.